The summed E-state index contributed by atoms with van der Waals surface area (Å²) in [5, 5.41) is 0. The van der Waals surface area contributed by atoms with Gasteiger partial charge in [0, 0.05) is 26.8 Å². The van der Waals surface area contributed by atoms with Crippen LogP contribution in [0.25, 0.3) is 0 Å². The van der Waals surface area contributed by atoms with Gasteiger partial charge < -0.3 is 20.1 Å². The Balaban J connectivity index is 1.72. The molecule has 2 unspecified atom stereocenters. The van der Waals surface area contributed by atoms with Crippen LogP contribution >= 0.6 is 0 Å². The van der Waals surface area contributed by atoms with Crippen molar-refractivity contribution in [2.24, 2.45) is 5.73 Å². The molecule has 2 atom stereocenters. The molecule has 1 aromatic carbocycles. The smallest absolute Gasteiger partial charge is 0.249 e. The Morgan fingerprint density at radius 1 is 1.48 bits per heavy atom. The monoisotopic (exact) mass is 290 g/mol. The summed E-state index contributed by atoms with van der Waals surface area (Å²) < 4.78 is 10.6. The zero-order chi connectivity index (χ0) is 14.8. The zero-order valence-corrected chi connectivity index (χ0v) is 12.4. The fourth-order valence-electron chi connectivity index (χ4n) is 3.11. The van der Waals surface area contributed by atoms with Crippen LogP contribution < -0.4 is 5.73 Å². The molecule has 2 N–H and O–H groups in total. The molecule has 0 aromatic heterocycles. The Kier molecular flexibility index (Phi) is 4.24. The molecule has 114 valence electrons. The van der Waals surface area contributed by atoms with Gasteiger partial charge in [-0.05, 0) is 29.5 Å². The quantitative estimate of drug-likeness (QED) is 0.909. The van der Waals surface area contributed by atoms with E-state index in [2.05, 4.69) is 18.2 Å². The van der Waals surface area contributed by atoms with Crippen LogP contribution in [0, 0.1) is 0 Å². The first-order chi connectivity index (χ1) is 10.2. The summed E-state index contributed by atoms with van der Waals surface area (Å²) in [7, 11) is 1.54. The molecule has 0 bridgehead atoms. The van der Waals surface area contributed by atoms with Crippen molar-refractivity contribution in [2.45, 2.75) is 38.1 Å². The van der Waals surface area contributed by atoms with E-state index < -0.39 is 0 Å². The number of hydrogen-bond donors (Lipinski definition) is 1. The van der Waals surface area contributed by atoms with E-state index in [1.165, 1.54) is 11.1 Å². The lowest BCUT2D eigenvalue weighted by atomic mass is 9.97. The van der Waals surface area contributed by atoms with Crippen LogP contribution in [0.2, 0.25) is 0 Å². The summed E-state index contributed by atoms with van der Waals surface area (Å²) in [6.45, 7) is 2.25. The third-order valence-corrected chi connectivity index (χ3v) is 4.32. The SMILES string of the molecule is COCC(=O)N1Cc2ccc(C(N)C3CCCO3)cc2C1. The van der Waals surface area contributed by atoms with E-state index >= 15 is 0 Å². The van der Waals surface area contributed by atoms with Crippen molar-refractivity contribution >= 4 is 5.91 Å². The molecule has 2 aliphatic rings. The highest BCUT2D eigenvalue weighted by molar-refractivity contribution is 5.78. The number of fused-ring (bicyclic) bond motifs is 1. The highest BCUT2D eigenvalue weighted by Crippen LogP contribution is 2.29. The topological polar surface area (TPSA) is 64.8 Å². The van der Waals surface area contributed by atoms with Gasteiger partial charge in [-0.15, -0.1) is 0 Å². The van der Waals surface area contributed by atoms with Crippen LogP contribution in [0.1, 0.15) is 35.6 Å². The van der Waals surface area contributed by atoms with Crippen LogP contribution in [-0.2, 0) is 27.4 Å². The van der Waals surface area contributed by atoms with Gasteiger partial charge in [-0.2, -0.15) is 0 Å². The minimum Gasteiger partial charge on any atom is -0.376 e. The molecule has 5 nitrogen and oxygen atoms in total. The second-order valence-corrected chi connectivity index (χ2v) is 5.79. The predicted octanol–water partition coefficient (Wildman–Crippen LogP) is 1.35. The highest BCUT2D eigenvalue weighted by atomic mass is 16.5. The van der Waals surface area contributed by atoms with E-state index in [4.69, 9.17) is 15.2 Å². The van der Waals surface area contributed by atoms with Crippen LogP contribution in [0.4, 0.5) is 0 Å². The van der Waals surface area contributed by atoms with E-state index in [9.17, 15) is 4.79 Å². The summed E-state index contributed by atoms with van der Waals surface area (Å²) in [6, 6.07) is 6.19. The largest absolute Gasteiger partial charge is 0.376 e. The molecule has 0 aliphatic carbocycles. The Morgan fingerprint density at radius 3 is 3.00 bits per heavy atom. The van der Waals surface area contributed by atoms with Gasteiger partial charge in [0.15, 0.2) is 0 Å². The minimum atomic E-state index is -0.0819. The molecule has 1 saturated heterocycles. The number of hydrogen-bond acceptors (Lipinski definition) is 4. The number of rotatable bonds is 4. The van der Waals surface area contributed by atoms with Gasteiger partial charge in [0.1, 0.15) is 6.61 Å². The molecule has 0 spiro atoms. The van der Waals surface area contributed by atoms with Gasteiger partial charge in [0.2, 0.25) is 5.91 Å². The molecule has 21 heavy (non-hydrogen) atoms. The molecule has 2 heterocycles. The number of nitrogens with two attached hydrogens (primary N) is 1. The van der Waals surface area contributed by atoms with Crippen molar-refractivity contribution in [3.05, 3.63) is 34.9 Å². The lowest BCUT2D eigenvalue weighted by molar-refractivity contribution is -0.135. The van der Waals surface area contributed by atoms with E-state index in [1.54, 1.807) is 7.11 Å². The standard InChI is InChI=1S/C16H22N2O3/c1-20-10-15(19)18-8-12-5-4-11(7-13(12)9-18)16(17)14-3-2-6-21-14/h4-5,7,14,16H,2-3,6,8-10,17H2,1H3. The van der Waals surface area contributed by atoms with Gasteiger partial charge in [0.25, 0.3) is 0 Å². The van der Waals surface area contributed by atoms with Gasteiger partial charge in [-0.1, -0.05) is 18.2 Å². The number of amides is 1. The number of carbonyl (C=O) groups excluding carboxylic acids is 1. The van der Waals surface area contributed by atoms with Crippen molar-refractivity contribution in [3.8, 4) is 0 Å². The first-order valence-electron chi connectivity index (χ1n) is 7.44. The predicted molar refractivity (Wildman–Crippen MR) is 78.5 cm³/mol. The summed E-state index contributed by atoms with van der Waals surface area (Å²) in [5.41, 5.74) is 9.79. The molecule has 0 radical (unpaired) electrons. The molecule has 1 amide bonds. The van der Waals surface area contributed by atoms with Gasteiger partial charge >= 0.3 is 0 Å². The average molecular weight is 290 g/mol. The number of ether oxygens (including phenoxy) is 2. The number of carbonyl (C=O) groups is 1. The first kappa shape index (κ1) is 14.5. The van der Waals surface area contributed by atoms with Gasteiger partial charge in [-0.25, -0.2) is 0 Å². The maximum atomic E-state index is 11.9. The van der Waals surface area contributed by atoms with Crippen LogP contribution in [0.3, 0.4) is 0 Å². The molecule has 2 aliphatic heterocycles. The van der Waals surface area contributed by atoms with Gasteiger partial charge in [0.05, 0.1) is 12.1 Å². The Bertz CT molecular complexity index is 526. The maximum Gasteiger partial charge on any atom is 0.249 e. The second-order valence-electron chi connectivity index (χ2n) is 5.79. The van der Waals surface area contributed by atoms with Crippen molar-refractivity contribution in [3.63, 3.8) is 0 Å². The van der Waals surface area contributed by atoms with Crippen molar-refractivity contribution < 1.29 is 14.3 Å². The first-order valence-corrected chi connectivity index (χ1v) is 7.44. The molecule has 3 rings (SSSR count). The van der Waals surface area contributed by atoms with Crippen molar-refractivity contribution in [1.29, 1.82) is 0 Å². The van der Waals surface area contributed by atoms with Crippen LogP contribution in [-0.4, -0.2) is 37.2 Å². The second kappa shape index (κ2) is 6.13. The summed E-state index contributed by atoms with van der Waals surface area (Å²) in [5.74, 6) is 0.0266. The molecular formula is C16H22N2O3. The van der Waals surface area contributed by atoms with Crippen LogP contribution in [0.5, 0.6) is 0 Å². The fraction of sp³-hybridized carbons (Fsp3) is 0.562. The van der Waals surface area contributed by atoms with E-state index in [0.29, 0.717) is 13.1 Å². The maximum absolute atomic E-state index is 11.9. The number of methoxy groups -OCH3 is 1. The lowest BCUT2D eigenvalue weighted by Gasteiger charge is -2.19. The van der Waals surface area contributed by atoms with Crippen molar-refractivity contribution in [1.82, 2.24) is 4.90 Å². The third-order valence-electron chi connectivity index (χ3n) is 4.32. The number of nitrogens with zero attached hydrogens (tertiary/aromatic N) is 1. The molecule has 0 saturated carbocycles. The van der Waals surface area contributed by atoms with E-state index in [-0.39, 0.29) is 24.7 Å². The third kappa shape index (κ3) is 2.95. The Morgan fingerprint density at radius 2 is 2.29 bits per heavy atom. The summed E-state index contributed by atoms with van der Waals surface area (Å²) in [4.78, 5) is 13.7. The highest BCUT2D eigenvalue weighted by Gasteiger charge is 2.27. The van der Waals surface area contributed by atoms with E-state index in [0.717, 1.165) is 25.0 Å². The van der Waals surface area contributed by atoms with Gasteiger partial charge in [-0.3, -0.25) is 4.79 Å². The average Bonchev–Trinajstić information content (AvgIpc) is 3.15. The number of benzene rings is 1. The summed E-state index contributed by atoms with van der Waals surface area (Å²) >= 11 is 0. The lowest BCUT2D eigenvalue weighted by Crippen LogP contribution is -2.28. The summed E-state index contributed by atoms with van der Waals surface area (Å²) in [6.07, 6.45) is 2.23. The van der Waals surface area contributed by atoms with Crippen LogP contribution in [0.15, 0.2) is 18.2 Å². The molecule has 1 aromatic rings. The Labute approximate surface area is 125 Å². The molecule has 1 fully saturated rings. The Hall–Kier alpha value is -1.43. The normalized spacial score (nSPS) is 22.4. The van der Waals surface area contributed by atoms with E-state index in [1.807, 2.05) is 4.90 Å². The zero-order valence-electron chi connectivity index (χ0n) is 12.4. The fourth-order valence-corrected chi connectivity index (χ4v) is 3.11. The molecular weight excluding hydrogens is 268 g/mol. The van der Waals surface area contributed by atoms with Crippen molar-refractivity contribution in [2.75, 3.05) is 20.3 Å². The molecule has 5 heteroatoms. The minimum absolute atomic E-state index is 0.0266.